The van der Waals surface area contributed by atoms with Crippen molar-refractivity contribution in [3.63, 3.8) is 0 Å². The van der Waals surface area contributed by atoms with Gasteiger partial charge in [-0.15, -0.1) is 11.3 Å². The van der Waals surface area contributed by atoms with E-state index in [0.29, 0.717) is 6.04 Å². The summed E-state index contributed by atoms with van der Waals surface area (Å²) in [7, 11) is 2.17. The zero-order valence-corrected chi connectivity index (χ0v) is 15.3. The van der Waals surface area contributed by atoms with E-state index in [0.717, 1.165) is 19.5 Å². The molecule has 0 aliphatic carbocycles. The number of hydrogen-bond donors (Lipinski definition) is 1. The van der Waals surface area contributed by atoms with Crippen LogP contribution in [0.2, 0.25) is 0 Å². The monoisotopic (exact) mass is 366 g/mol. The van der Waals surface area contributed by atoms with E-state index in [4.69, 9.17) is 0 Å². The third-order valence-corrected chi connectivity index (χ3v) is 5.28. The van der Waals surface area contributed by atoms with Gasteiger partial charge in [-0.25, -0.2) is 0 Å². The van der Waals surface area contributed by atoms with Crippen LogP contribution < -0.4 is 10.2 Å². The van der Waals surface area contributed by atoms with Crippen molar-refractivity contribution in [2.75, 3.05) is 18.5 Å². The Kier molecular flexibility index (Phi) is 6.27. The Labute approximate surface area is 140 Å². The number of benzene rings is 1. The third kappa shape index (κ3) is 4.31. The molecular formula is C17H23BrN2S. The largest absolute Gasteiger partial charge is 0.369 e. The van der Waals surface area contributed by atoms with Crippen LogP contribution in [0.15, 0.2) is 40.2 Å². The lowest BCUT2D eigenvalue weighted by Gasteiger charge is -2.26. The highest BCUT2D eigenvalue weighted by molar-refractivity contribution is 9.10. The lowest BCUT2D eigenvalue weighted by Crippen LogP contribution is -2.24. The van der Waals surface area contributed by atoms with Gasteiger partial charge in [0, 0.05) is 33.5 Å². The fraction of sp³-hybridized carbons (Fsp3) is 0.412. The minimum atomic E-state index is 0.420. The second-order valence-corrected chi connectivity index (χ2v) is 7.08. The second kappa shape index (κ2) is 7.97. The van der Waals surface area contributed by atoms with Crippen molar-refractivity contribution in [2.24, 2.45) is 0 Å². The number of hydrogen-bond acceptors (Lipinski definition) is 3. The molecule has 4 heteroatoms. The smallest absolute Gasteiger partial charge is 0.0520 e. The summed E-state index contributed by atoms with van der Waals surface area (Å²) in [4.78, 5) is 3.71. The molecule has 2 nitrogen and oxygen atoms in total. The van der Waals surface area contributed by atoms with Gasteiger partial charge in [0.25, 0.3) is 0 Å². The van der Waals surface area contributed by atoms with Crippen LogP contribution in [0, 0.1) is 0 Å². The van der Waals surface area contributed by atoms with Gasteiger partial charge in [-0.05, 0) is 46.6 Å². The summed E-state index contributed by atoms with van der Waals surface area (Å²) >= 11 is 5.33. The lowest BCUT2D eigenvalue weighted by molar-refractivity contribution is 0.537. The second-order valence-electron chi connectivity index (χ2n) is 5.16. The number of thiophene rings is 1. The van der Waals surface area contributed by atoms with Crippen LogP contribution in [0.1, 0.15) is 36.8 Å². The summed E-state index contributed by atoms with van der Waals surface area (Å²) in [6.07, 6.45) is 1.10. The zero-order valence-electron chi connectivity index (χ0n) is 12.9. The molecule has 1 aromatic carbocycles. The van der Waals surface area contributed by atoms with Crippen molar-refractivity contribution in [3.8, 4) is 0 Å². The molecule has 21 heavy (non-hydrogen) atoms. The van der Waals surface area contributed by atoms with E-state index < -0.39 is 0 Å². The van der Waals surface area contributed by atoms with Crippen molar-refractivity contribution in [3.05, 3.63) is 50.6 Å². The van der Waals surface area contributed by atoms with Crippen LogP contribution in [0.4, 0.5) is 5.69 Å². The average molecular weight is 367 g/mol. The number of para-hydroxylation sites is 1. The quantitative estimate of drug-likeness (QED) is 0.723. The highest BCUT2D eigenvalue weighted by Gasteiger charge is 2.15. The summed E-state index contributed by atoms with van der Waals surface area (Å²) in [5, 5.41) is 5.72. The maximum absolute atomic E-state index is 3.58. The molecule has 2 aromatic rings. The van der Waals surface area contributed by atoms with Gasteiger partial charge in [-0.3, -0.25) is 0 Å². The minimum Gasteiger partial charge on any atom is -0.369 e. The molecule has 0 radical (unpaired) electrons. The van der Waals surface area contributed by atoms with Crippen LogP contribution in [0.5, 0.6) is 0 Å². The first-order valence-corrected chi connectivity index (χ1v) is 9.09. The minimum absolute atomic E-state index is 0.420. The molecule has 1 aromatic heterocycles. The number of rotatable bonds is 7. The number of nitrogens with zero attached hydrogens (tertiary/aromatic N) is 1. The molecule has 0 fully saturated rings. The maximum atomic E-state index is 3.58. The summed E-state index contributed by atoms with van der Waals surface area (Å²) in [6.45, 7) is 6.34. The maximum Gasteiger partial charge on any atom is 0.0520 e. The third-order valence-electron chi connectivity index (χ3n) is 3.60. The standard InChI is InChI=1S/C17H23BrN2S/c1-4-16(19-5-2)15-8-6-7-9-17(15)20(3)11-14-10-13(18)12-21-14/h6-10,12,16,19H,4-5,11H2,1-3H3. The van der Waals surface area contributed by atoms with E-state index in [9.17, 15) is 0 Å². The van der Waals surface area contributed by atoms with Crippen molar-refractivity contribution < 1.29 is 0 Å². The van der Waals surface area contributed by atoms with Gasteiger partial charge in [0.1, 0.15) is 0 Å². The van der Waals surface area contributed by atoms with Gasteiger partial charge in [-0.1, -0.05) is 32.0 Å². The highest BCUT2D eigenvalue weighted by Crippen LogP contribution is 2.29. The van der Waals surface area contributed by atoms with Gasteiger partial charge in [-0.2, -0.15) is 0 Å². The Bertz CT molecular complexity index is 567. The predicted molar refractivity (Wildman–Crippen MR) is 97.3 cm³/mol. The Balaban J connectivity index is 2.21. The zero-order chi connectivity index (χ0) is 15.2. The predicted octanol–water partition coefficient (Wildman–Crippen LogP) is 5.21. The van der Waals surface area contributed by atoms with Crippen molar-refractivity contribution in [1.82, 2.24) is 5.32 Å². The summed E-state index contributed by atoms with van der Waals surface area (Å²) in [5.74, 6) is 0. The number of anilines is 1. The highest BCUT2D eigenvalue weighted by atomic mass is 79.9. The molecule has 1 unspecified atom stereocenters. The van der Waals surface area contributed by atoms with E-state index in [2.05, 4.69) is 82.8 Å². The van der Waals surface area contributed by atoms with Crippen LogP contribution in [0.3, 0.4) is 0 Å². The van der Waals surface area contributed by atoms with Gasteiger partial charge < -0.3 is 10.2 Å². The van der Waals surface area contributed by atoms with Gasteiger partial charge in [0.2, 0.25) is 0 Å². The van der Waals surface area contributed by atoms with Gasteiger partial charge in [0.05, 0.1) is 6.54 Å². The van der Waals surface area contributed by atoms with Crippen LogP contribution in [-0.2, 0) is 6.54 Å². The van der Waals surface area contributed by atoms with E-state index in [-0.39, 0.29) is 0 Å². The van der Waals surface area contributed by atoms with Crippen LogP contribution in [0.25, 0.3) is 0 Å². The molecule has 1 N–H and O–H groups in total. The first kappa shape index (κ1) is 16.5. The molecule has 0 saturated carbocycles. The Hall–Kier alpha value is -0.840. The molecule has 0 amide bonds. The molecule has 1 heterocycles. The average Bonchev–Trinajstić information content (AvgIpc) is 2.90. The Morgan fingerprint density at radius 1 is 1.29 bits per heavy atom. The molecule has 2 rings (SSSR count). The van der Waals surface area contributed by atoms with E-state index in [1.54, 1.807) is 11.3 Å². The SMILES string of the molecule is CCNC(CC)c1ccccc1N(C)Cc1cc(Br)cs1. The molecule has 0 aliphatic heterocycles. The first-order chi connectivity index (χ1) is 10.2. The summed E-state index contributed by atoms with van der Waals surface area (Å²) in [5.41, 5.74) is 2.70. The fourth-order valence-electron chi connectivity index (χ4n) is 2.61. The molecular weight excluding hydrogens is 344 g/mol. The summed E-state index contributed by atoms with van der Waals surface area (Å²) < 4.78 is 1.17. The Morgan fingerprint density at radius 2 is 2.05 bits per heavy atom. The topological polar surface area (TPSA) is 15.3 Å². The van der Waals surface area contributed by atoms with Gasteiger partial charge in [0.15, 0.2) is 0 Å². The van der Waals surface area contributed by atoms with Crippen LogP contribution in [-0.4, -0.2) is 13.6 Å². The van der Waals surface area contributed by atoms with E-state index >= 15 is 0 Å². The number of halogens is 1. The molecule has 0 spiro atoms. The van der Waals surface area contributed by atoms with Crippen molar-refractivity contribution in [2.45, 2.75) is 32.9 Å². The molecule has 0 aliphatic rings. The molecule has 114 valence electrons. The van der Waals surface area contributed by atoms with Crippen LogP contribution >= 0.6 is 27.3 Å². The lowest BCUT2D eigenvalue weighted by atomic mass is 10.0. The fourth-order valence-corrected chi connectivity index (χ4v) is 4.11. The van der Waals surface area contributed by atoms with Crippen molar-refractivity contribution in [1.29, 1.82) is 0 Å². The molecule has 0 bridgehead atoms. The Morgan fingerprint density at radius 3 is 2.67 bits per heavy atom. The van der Waals surface area contributed by atoms with E-state index in [1.165, 1.54) is 20.6 Å². The first-order valence-electron chi connectivity index (χ1n) is 7.42. The summed E-state index contributed by atoms with van der Waals surface area (Å²) in [6, 6.07) is 11.3. The molecule has 1 atom stereocenters. The normalized spacial score (nSPS) is 12.4. The van der Waals surface area contributed by atoms with Crippen molar-refractivity contribution >= 4 is 33.0 Å². The molecule has 0 saturated heterocycles. The van der Waals surface area contributed by atoms with E-state index in [1.807, 2.05) is 0 Å². The van der Waals surface area contributed by atoms with Gasteiger partial charge >= 0.3 is 0 Å². The number of nitrogens with one attached hydrogen (secondary N) is 1.